The molecule has 2 rings (SSSR count). The average Bonchev–Trinajstić information content (AvgIpc) is 2.78. The molecular weight excluding hydrogens is 380 g/mol. The lowest BCUT2D eigenvalue weighted by atomic mass is 10.2. The summed E-state index contributed by atoms with van der Waals surface area (Å²) in [7, 11) is 3.29. The normalized spacial score (nSPS) is 12.5. The molecule has 0 saturated carbocycles. The first-order chi connectivity index (χ1) is 14.7. The van der Waals surface area contributed by atoms with Crippen LogP contribution in [0.3, 0.4) is 0 Å². The van der Waals surface area contributed by atoms with Gasteiger partial charge in [-0.2, -0.15) is 0 Å². The summed E-state index contributed by atoms with van der Waals surface area (Å²) >= 11 is 0. The highest BCUT2D eigenvalue weighted by atomic mass is 16.5. The molecule has 0 aliphatic carbocycles. The van der Waals surface area contributed by atoms with E-state index in [2.05, 4.69) is 33.6 Å². The van der Waals surface area contributed by atoms with Crippen molar-refractivity contribution in [2.45, 2.75) is 38.9 Å². The van der Waals surface area contributed by atoms with E-state index in [4.69, 9.17) is 18.9 Å². The molecule has 0 saturated heterocycles. The summed E-state index contributed by atoms with van der Waals surface area (Å²) in [4.78, 5) is 9.35. The fraction of sp³-hybridized carbons (Fsp3) is 0.500. The van der Waals surface area contributed by atoms with Gasteiger partial charge in [0.05, 0.1) is 37.5 Å². The number of aromatic nitrogens is 2. The minimum absolute atomic E-state index is 0.199. The molecule has 0 unspecified atom stereocenters. The summed E-state index contributed by atoms with van der Waals surface area (Å²) in [6.45, 7) is 6.12. The maximum Gasteiger partial charge on any atom is 0.148 e. The highest BCUT2D eigenvalue weighted by molar-refractivity contribution is 5.75. The number of para-hydroxylation sites is 2. The molecule has 0 aliphatic rings. The van der Waals surface area contributed by atoms with Crippen LogP contribution in [-0.4, -0.2) is 62.8 Å². The second-order valence-electron chi connectivity index (χ2n) is 6.47. The summed E-state index contributed by atoms with van der Waals surface area (Å²) in [5.74, 6) is 12.5. The maximum absolute atomic E-state index is 5.74. The van der Waals surface area contributed by atoms with E-state index in [0.29, 0.717) is 37.8 Å². The summed E-state index contributed by atoms with van der Waals surface area (Å²) in [6, 6.07) is 7.69. The Morgan fingerprint density at radius 2 is 1.17 bits per heavy atom. The zero-order valence-electron chi connectivity index (χ0n) is 18.2. The monoisotopic (exact) mass is 410 g/mol. The van der Waals surface area contributed by atoms with Gasteiger partial charge in [-0.05, 0) is 36.8 Å². The SMILES string of the molecule is CC[C@@H](C#Cc1nc2ccccc2nc1C#C[C@@H](CC)OCCOC)OCCOC. The smallest absolute Gasteiger partial charge is 0.148 e. The molecule has 0 amide bonds. The Labute approximate surface area is 179 Å². The maximum atomic E-state index is 5.74. The largest absolute Gasteiger partial charge is 0.382 e. The van der Waals surface area contributed by atoms with Crippen LogP contribution in [0.25, 0.3) is 11.0 Å². The Bertz CT molecular complexity index is 834. The standard InChI is InChI=1S/C24H30N2O4/c1-5-19(29-17-15-27-3)11-13-23-24(14-12-20(6-2)30-18-16-28-4)26-22-10-8-7-9-21(22)25-23/h7-10,19-20H,5-6,15-18H2,1-4H3/t19-,20+. The van der Waals surface area contributed by atoms with Gasteiger partial charge in [0, 0.05) is 14.2 Å². The van der Waals surface area contributed by atoms with Gasteiger partial charge in [-0.3, -0.25) is 0 Å². The van der Waals surface area contributed by atoms with E-state index in [0.717, 1.165) is 23.9 Å². The molecule has 0 N–H and O–H groups in total. The molecule has 0 fully saturated rings. The van der Waals surface area contributed by atoms with E-state index < -0.39 is 0 Å². The molecule has 30 heavy (non-hydrogen) atoms. The van der Waals surface area contributed by atoms with Crippen molar-refractivity contribution in [2.24, 2.45) is 0 Å². The first-order valence-corrected chi connectivity index (χ1v) is 10.2. The lowest BCUT2D eigenvalue weighted by molar-refractivity contribution is 0.0423. The van der Waals surface area contributed by atoms with E-state index in [1.165, 1.54) is 0 Å². The van der Waals surface area contributed by atoms with Crippen molar-refractivity contribution in [2.75, 3.05) is 40.6 Å². The predicted molar refractivity (Wildman–Crippen MR) is 117 cm³/mol. The minimum atomic E-state index is -0.199. The third-order valence-electron chi connectivity index (χ3n) is 4.23. The number of nitrogens with zero attached hydrogens (tertiary/aromatic N) is 2. The second-order valence-corrected chi connectivity index (χ2v) is 6.47. The van der Waals surface area contributed by atoms with Crippen molar-refractivity contribution in [3.8, 4) is 23.7 Å². The fourth-order valence-corrected chi connectivity index (χ4v) is 2.54. The molecule has 6 nitrogen and oxygen atoms in total. The molecule has 160 valence electrons. The van der Waals surface area contributed by atoms with Crippen LogP contribution in [0, 0.1) is 23.7 Å². The van der Waals surface area contributed by atoms with Crippen LogP contribution in [-0.2, 0) is 18.9 Å². The molecular formula is C24H30N2O4. The van der Waals surface area contributed by atoms with Gasteiger partial charge < -0.3 is 18.9 Å². The number of fused-ring (bicyclic) bond motifs is 1. The highest BCUT2D eigenvalue weighted by Crippen LogP contribution is 2.12. The molecule has 0 radical (unpaired) electrons. The summed E-state index contributed by atoms with van der Waals surface area (Å²) in [6.07, 6.45) is 1.14. The van der Waals surface area contributed by atoms with Gasteiger partial charge in [0.15, 0.2) is 0 Å². The van der Waals surface area contributed by atoms with E-state index in [9.17, 15) is 0 Å². The van der Waals surface area contributed by atoms with Crippen LogP contribution in [0.5, 0.6) is 0 Å². The fourth-order valence-electron chi connectivity index (χ4n) is 2.54. The Morgan fingerprint density at radius 1 is 0.733 bits per heavy atom. The molecule has 0 aliphatic heterocycles. The first kappa shape index (κ1) is 23.8. The van der Waals surface area contributed by atoms with E-state index in [1.807, 2.05) is 38.1 Å². The van der Waals surface area contributed by atoms with Gasteiger partial charge in [-0.15, -0.1) is 0 Å². The Morgan fingerprint density at radius 3 is 1.53 bits per heavy atom. The number of ether oxygens (including phenoxy) is 4. The van der Waals surface area contributed by atoms with Crippen molar-refractivity contribution in [1.82, 2.24) is 9.97 Å². The average molecular weight is 411 g/mol. The van der Waals surface area contributed by atoms with Crippen LogP contribution in [0.1, 0.15) is 38.1 Å². The number of benzene rings is 1. The van der Waals surface area contributed by atoms with E-state index >= 15 is 0 Å². The molecule has 2 atom stereocenters. The van der Waals surface area contributed by atoms with Gasteiger partial charge in [0.2, 0.25) is 0 Å². The van der Waals surface area contributed by atoms with E-state index in [1.54, 1.807) is 14.2 Å². The molecule has 2 aromatic rings. The molecule has 0 spiro atoms. The zero-order chi connectivity index (χ0) is 21.6. The summed E-state index contributed by atoms with van der Waals surface area (Å²) in [5.41, 5.74) is 2.65. The predicted octanol–water partition coefficient (Wildman–Crippen LogP) is 3.22. The van der Waals surface area contributed by atoms with Crippen molar-refractivity contribution in [3.05, 3.63) is 35.7 Å². The van der Waals surface area contributed by atoms with Gasteiger partial charge in [0.1, 0.15) is 23.6 Å². The topological polar surface area (TPSA) is 62.7 Å². The molecule has 1 aromatic heterocycles. The third-order valence-corrected chi connectivity index (χ3v) is 4.23. The van der Waals surface area contributed by atoms with Crippen LogP contribution in [0.15, 0.2) is 24.3 Å². The zero-order valence-corrected chi connectivity index (χ0v) is 18.2. The molecule has 1 heterocycles. The summed E-state index contributed by atoms with van der Waals surface area (Å²) < 4.78 is 21.5. The Hall–Kier alpha value is -2.48. The van der Waals surface area contributed by atoms with Crippen LogP contribution >= 0.6 is 0 Å². The van der Waals surface area contributed by atoms with E-state index in [-0.39, 0.29) is 12.2 Å². The van der Waals surface area contributed by atoms with Gasteiger partial charge in [-0.25, -0.2) is 9.97 Å². The van der Waals surface area contributed by atoms with Crippen LogP contribution in [0.2, 0.25) is 0 Å². The Kier molecular flexibility index (Phi) is 10.9. The van der Waals surface area contributed by atoms with Crippen molar-refractivity contribution in [1.29, 1.82) is 0 Å². The summed E-state index contributed by atoms with van der Waals surface area (Å²) in [5, 5.41) is 0. The molecule has 0 bridgehead atoms. The number of methoxy groups -OCH3 is 2. The van der Waals surface area contributed by atoms with Crippen molar-refractivity contribution < 1.29 is 18.9 Å². The number of rotatable bonds is 10. The minimum Gasteiger partial charge on any atom is -0.382 e. The van der Waals surface area contributed by atoms with Crippen LogP contribution in [0.4, 0.5) is 0 Å². The molecule has 1 aromatic carbocycles. The van der Waals surface area contributed by atoms with Gasteiger partial charge in [-0.1, -0.05) is 37.8 Å². The first-order valence-electron chi connectivity index (χ1n) is 10.2. The van der Waals surface area contributed by atoms with Crippen molar-refractivity contribution >= 4 is 11.0 Å². The van der Waals surface area contributed by atoms with Gasteiger partial charge >= 0.3 is 0 Å². The second kappa shape index (κ2) is 13.7. The van der Waals surface area contributed by atoms with Gasteiger partial charge in [0.25, 0.3) is 0 Å². The molecule has 6 heteroatoms. The lowest BCUT2D eigenvalue weighted by Gasteiger charge is -2.09. The number of hydrogen-bond donors (Lipinski definition) is 0. The van der Waals surface area contributed by atoms with Crippen molar-refractivity contribution in [3.63, 3.8) is 0 Å². The Balaban J connectivity index is 2.32. The van der Waals surface area contributed by atoms with Crippen LogP contribution < -0.4 is 0 Å². The lowest BCUT2D eigenvalue weighted by Crippen LogP contribution is -2.13. The highest BCUT2D eigenvalue weighted by Gasteiger charge is 2.08. The third kappa shape index (κ3) is 7.74. The quantitative estimate of drug-likeness (QED) is 0.443. The number of hydrogen-bond acceptors (Lipinski definition) is 6.